The Kier molecular flexibility index (Phi) is 8.64. The molecule has 3 fully saturated rings. The monoisotopic (exact) mass is 365 g/mol. The number of likely N-dealkylation sites (tertiary alicyclic amines) is 1. The average molecular weight is 366 g/mol. The third-order valence-electron chi connectivity index (χ3n) is 6.11. The molecule has 4 unspecified atom stereocenters. The Morgan fingerprint density at radius 2 is 1.78 bits per heavy atom. The second kappa shape index (κ2) is 9.45. The van der Waals surface area contributed by atoms with Crippen LogP contribution < -0.4 is 11.1 Å². The summed E-state index contributed by atoms with van der Waals surface area (Å²) in [7, 11) is 0. The molecule has 0 aromatic carbocycles. The van der Waals surface area contributed by atoms with E-state index in [4.69, 9.17) is 5.73 Å². The molecule has 1 heterocycles. The molecule has 0 radical (unpaired) electrons. The van der Waals surface area contributed by atoms with Crippen molar-refractivity contribution in [3.8, 4) is 0 Å². The fourth-order valence-electron chi connectivity index (χ4n) is 4.64. The van der Waals surface area contributed by atoms with E-state index in [1.54, 1.807) is 0 Å². The highest BCUT2D eigenvalue weighted by molar-refractivity contribution is 5.85. The lowest BCUT2D eigenvalue weighted by atomic mass is 9.84. The number of rotatable bonds is 5. The van der Waals surface area contributed by atoms with Crippen molar-refractivity contribution in [1.29, 1.82) is 0 Å². The number of halogens is 2. The molecule has 0 aromatic rings. The second-order valence-corrected chi connectivity index (χ2v) is 7.61. The van der Waals surface area contributed by atoms with Gasteiger partial charge in [0.05, 0.1) is 5.92 Å². The number of fused-ring (bicyclic) bond motifs is 2. The van der Waals surface area contributed by atoms with Crippen LogP contribution in [0.4, 0.5) is 0 Å². The summed E-state index contributed by atoms with van der Waals surface area (Å²) in [4.78, 5) is 14.9. The van der Waals surface area contributed by atoms with Gasteiger partial charge in [-0.05, 0) is 75.9 Å². The maximum atomic E-state index is 12.3. The molecule has 1 saturated heterocycles. The van der Waals surface area contributed by atoms with Gasteiger partial charge in [-0.2, -0.15) is 0 Å². The molecule has 0 aromatic heterocycles. The quantitative estimate of drug-likeness (QED) is 0.735. The first-order valence-electron chi connectivity index (χ1n) is 8.91. The van der Waals surface area contributed by atoms with Gasteiger partial charge in [-0.15, -0.1) is 24.8 Å². The molecule has 2 aliphatic carbocycles. The Bertz CT molecular complexity index is 373. The van der Waals surface area contributed by atoms with Crippen LogP contribution in [0.25, 0.3) is 0 Å². The lowest BCUT2D eigenvalue weighted by Crippen LogP contribution is -2.45. The maximum Gasteiger partial charge on any atom is 0.224 e. The van der Waals surface area contributed by atoms with Gasteiger partial charge in [0.15, 0.2) is 0 Å². The SMILES string of the molecule is CC1CCN(CCCNC(=O)C2C3CCC(C3)C2N)CC1.Cl.Cl. The molecule has 3 N–H and O–H groups in total. The van der Waals surface area contributed by atoms with Crippen molar-refractivity contribution >= 4 is 30.7 Å². The zero-order valence-electron chi connectivity index (χ0n) is 14.2. The van der Waals surface area contributed by atoms with Crippen molar-refractivity contribution < 1.29 is 4.79 Å². The van der Waals surface area contributed by atoms with Gasteiger partial charge < -0.3 is 16.0 Å². The molecule has 6 heteroatoms. The fraction of sp³-hybridized carbons (Fsp3) is 0.941. The summed E-state index contributed by atoms with van der Waals surface area (Å²) >= 11 is 0. The van der Waals surface area contributed by atoms with Crippen LogP contribution in [0.2, 0.25) is 0 Å². The number of hydrogen-bond donors (Lipinski definition) is 2. The third-order valence-corrected chi connectivity index (χ3v) is 6.11. The Labute approximate surface area is 153 Å². The van der Waals surface area contributed by atoms with Crippen LogP contribution in [0.5, 0.6) is 0 Å². The number of hydrogen-bond acceptors (Lipinski definition) is 3. The van der Waals surface area contributed by atoms with E-state index in [1.807, 2.05) is 0 Å². The van der Waals surface area contributed by atoms with E-state index < -0.39 is 0 Å². The Balaban J connectivity index is 0.00000132. The van der Waals surface area contributed by atoms with Crippen LogP contribution in [-0.2, 0) is 4.79 Å². The molecule has 1 amide bonds. The van der Waals surface area contributed by atoms with Crippen molar-refractivity contribution in [3.05, 3.63) is 0 Å². The smallest absolute Gasteiger partial charge is 0.224 e. The molecule has 4 nitrogen and oxygen atoms in total. The van der Waals surface area contributed by atoms with Gasteiger partial charge in [0.2, 0.25) is 5.91 Å². The number of carbonyl (C=O) groups is 1. The second-order valence-electron chi connectivity index (χ2n) is 7.61. The topological polar surface area (TPSA) is 58.4 Å². The number of piperidine rings is 1. The summed E-state index contributed by atoms with van der Waals surface area (Å²) in [6.45, 7) is 6.73. The highest BCUT2D eigenvalue weighted by Gasteiger charge is 2.48. The first-order chi connectivity index (χ1) is 10.1. The van der Waals surface area contributed by atoms with E-state index in [9.17, 15) is 4.79 Å². The van der Waals surface area contributed by atoms with Gasteiger partial charge in [-0.1, -0.05) is 6.92 Å². The van der Waals surface area contributed by atoms with Gasteiger partial charge in [0.1, 0.15) is 0 Å². The molecule has 3 rings (SSSR count). The van der Waals surface area contributed by atoms with E-state index in [0.717, 1.165) is 25.4 Å². The van der Waals surface area contributed by atoms with E-state index in [-0.39, 0.29) is 42.7 Å². The molecule has 23 heavy (non-hydrogen) atoms. The standard InChI is InChI=1S/C17H31N3O.2ClH/c1-12-5-9-20(10-6-12)8-2-7-19-17(21)15-13-3-4-14(11-13)16(15)18;;/h12-16H,2-11,18H2,1H3,(H,19,21);2*1H. The summed E-state index contributed by atoms with van der Waals surface area (Å²) in [6.07, 6.45) is 7.35. The molecule has 2 bridgehead atoms. The van der Waals surface area contributed by atoms with Crippen molar-refractivity contribution in [1.82, 2.24) is 10.2 Å². The summed E-state index contributed by atoms with van der Waals surface area (Å²) in [5.74, 6) is 2.39. The zero-order valence-corrected chi connectivity index (χ0v) is 15.8. The van der Waals surface area contributed by atoms with Crippen molar-refractivity contribution in [2.24, 2.45) is 29.4 Å². The van der Waals surface area contributed by atoms with Crippen LogP contribution in [0.15, 0.2) is 0 Å². The minimum absolute atomic E-state index is 0. The van der Waals surface area contributed by atoms with Crippen LogP contribution >= 0.6 is 24.8 Å². The average Bonchev–Trinajstić information content (AvgIpc) is 3.06. The molecule has 2 saturated carbocycles. The van der Waals surface area contributed by atoms with Crippen LogP contribution in [0.1, 0.15) is 45.4 Å². The van der Waals surface area contributed by atoms with Crippen LogP contribution in [-0.4, -0.2) is 43.0 Å². The summed E-state index contributed by atoms with van der Waals surface area (Å²) in [6, 6.07) is 0.118. The van der Waals surface area contributed by atoms with E-state index in [1.165, 1.54) is 45.2 Å². The molecular formula is C17H33Cl2N3O. The van der Waals surface area contributed by atoms with E-state index in [0.29, 0.717) is 11.8 Å². The third kappa shape index (κ3) is 4.97. The molecular weight excluding hydrogens is 333 g/mol. The molecule has 0 spiro atoms. The highest BCUT2D eigenvalue weighted by atomic mass is 35.5. The number of nitrogens with zero attached hydrogens (tertiary/aromatic N) is 1. The maximum absolute atomic E-state index is 12.3. The van der Waals surface area contributed by atoms with Gasteiger partial charge in [-0.3, -0.25) is 4.79 Å². The largest absolute Gasteiger partial charge is 0.356 e. The van der Waals surface area contributed by atoms with Gasteiger partial charge >= 0.3 is 0 Å². The summed E-state index contributed by atoms with van der Waals surface area (Å²) in [5, 5.41) is 3.14. The fourth-order valence-corrected chi connectivity index (χ4v) is 4.64. The molecule has 4 atom stereocenters. The Morgan fingerprint density at radius 3 is 2.39 bits per heavy atom. The number of carbonyl (C=O) groups excluding carboxylic acids is 1. The number of amides is 1. The van der Waals surface area contributed by atoms with Crippen molar-refractivity contribution in [3.63, 3.8) is 0 Å². The first kappa shape index (κ1) is 21.0. The first-order valence-corrected chi connectivity index (χ1v) is 8.91. The summed E-state index contributed by atoms with van der Waals surface area (Å²) < 4.78 is 0. The van der Waals surface area contributed by atoms with E-state index >= 15 is 0 Å². The highest BCUT2D eigenvalue weighted by Crippen LogP contribution is 2.47. The van der Waals surface area contributed by atoms with E-state index in [2.05, 4.69) is 17.1 Å². The number of nitrogens with two attached hydrogens (primary N) is 1. The predicted octanol–water partition coefficient (Wildman–Crippen LogP) is 2.44. The number of nitrogens with one attached hydrogen (secondary N) is 1. The van der Waals surface area contributed by atoms with Crippen molar-refractivity contribution in [2.75, 3.05) is 26.2 Å². The minimum atomic E-state index is 0. The van der Waals surface area contributed by atoms with Gasteiger partial charge in [0, 0.05) is 12.6 Å². The normalized spacial score (nSPS) is 33.8. The lowest BCUT2D eigenvalue weighted by Gasteiger charge is -2.30. The lowest BCUT2D eigenvalue weighted by molar-refractivity contribution is -0.127. The Morgan fingerprint density at radius 1 is 1.13 bits per heavy atom. The van der Waals surface area contributed by atoms with Gasteiger partial charge in [0.25, 0.3) is 0 Å². The molecule has 3 aliphatic rings. The predicted molar refractivity (Wildman–Crippen MR) is 99.3 cm³/mol. The van der Waals surface area contributed by atoms with Crippen LogP contribution in [0, 0.1) is 23.7 Å². The summed E-state index contributed by atoms with van der Waals surface area (Å²) in [5.41, 5.74) is 6.23. The molecule has 136 valence electrons. The minimum Gasteiger partial charge on any atom is -0.356 e. The zero-order chi connectivity index (χ0) is 14.8. The van der Waals surface area contributed by atoms with Gasteiger partial charge in [-0.25, -0.2) is 0 Å². The Hall–Kier alpha value is -0.0300. The van der Waals surface area contributed by atoms with Crippen LogP contribution in [0.3, 0.4) is 0 Å². The molecule has 1 aliphatic heterocycles. The van der Waals surface area contributed by atoms with Crippen molar-refractivity contribution in [2.45, 2.75) is 51.5 Å².